The van der Waals surface area contributed by atoms with Crippen LogP contribution in [0, 0.1) is 5.92 Å². The predicted octanol–water partition coefficient (Wildman–Crippen LogP) is 20.9. The third-order valence-corrected chi connectivity index (χ3v) is 18.7. The van der Waals surface area contributed by atoms with Gasteiger partial charge in [-0.25, -0.2) is 9.13 Å². The van der Waals surface area contributed by atoms with Crippen molar-refractivity contribution in [3.8, 4) is 0 Å². The van der Waals surface area contributed by atoms with Crippen molar-refractivity contribution in [1.29, 1.82) is 0 Å². The van der Waals surface area contributed by atoms with Crippen LogP contribution in [0.4, 0.5) is 0 Å². The van der Waals surface area contributed by atoms with E-state index >= 15 is 0 Å². The molecule has 0 aliphatic carbocycles. The number of carbonyl (C=O) groups excluding carboxylic acids is 4. The highest BCUT2D eigenvalue weighted by Gasteiger charge is 2.30. The molecule has 0 aromatic carbocycles. The Labute approximate surface area is 556 Å². The van der Waals surface area contributed by atoms with E-state index in [1.54, 1.807) is 0 Å². The summed E-state index contributed by atoms with van der Waals surface area (Å²) in [6.45, 7) is 7.27. The second-order valence-electron chi connectivity index (χ2n) is 26.5. The smallest absolute Gasteiger partial charge is 0.462 e. The van der Waals surface area contributed by atoms with Gasteiger partial charge in [-0.1, -0.05) is 324 Å². The summed E-state index contributed by atoms with van der Waals surface area (Å²) in [4.78, 5) is 72.5. The van der Waals surface area contributed by atoms with Crippen LogP contribution >= 0.6 is 15.6 Å². The number of phosphoric ester groups is 2. The first-order valence-electron chi connectivity index (χ1n) is 37.6. The van der Waals surface area contributed by atoms with Crippen molar-refractivity contribution < 1.29 is 80.2 Å². The number of rotatable bonds is 72. The molecule has 0 saturated heterocycles. The first-order chi connectivity index (χ1) is 44.0. The molecule has 540 valence electrons. The Bertz CT molecular complexity index is 1750. The van der Waals surface area contributed by atoms with E-state index in [-0.39, 0.29) is 25.7 Å². The summed E-state index contributed by atoms with van der Waals surface area (Å²) < 4.78 is 68.3. The van der Waals surface area contributed by atoms with Crippen molar-refractivity contribution in [1.82, 2.24) is 0 Å². The van der Waals surface area contributed by atoms with E-state index in [9.17, 15) is 43.2 Å². The van der Waals surface area contributed by atoms with Crippen molar-refractivity contribution in [3.05, 3.63) is 0 Å². The molecule has 2 unspecified atom stereocenters. The third-order valence-electron chi connectivity index (χ3n) is 16.8. The number of carbonyl (C=O) groups is 4. The van der Waals surface area contributed by atoms with E-state index in [4.69, 9.17) is 37.0 Å². The molecule has 0 aromatic heterocycles. The lowest BCUT2D eigenvalue weighted by molar-refractivity contribution is -0.161. The van der Waals surface area contributed by atoms with Crippen molar-refractivity contribution in [3.63, 3.8) is 0 Å². The average Bonchev–Trinajstić information content (AvgIpc) is 2.51. The molecule has 0 spiro atoms. The first-order valence-corrected chi connectivity index (χ1v) is 40.6. The van der Waals surface area contributed by atoms with Gasteiger partial charge in [-0.15, -0.1) is 0 Å². The van der Waals surface area contributed by atoms with Crippen LogP contribution in [0.5, 0.6) is 0 Å². The van der Waals surface area contributed by atoms with Crippen LogP contribution in [0.25, 0.3) is 0 Å². The first kappa shape index (κ1) is 89.1. The molecule has 0 heterocycles. The highest BCUT2D eigenvalue weighted by Crippen LogP contribution is 2.45. The minimum absolute atomic E-state index is 0.107. The largest absolute Gasteiger partial charge is 0.472 e. The fraction of sp³-hybridized carbons (Fsp3) is 0.944. The molecule has 0 aliphatic heterocycles. The van der Waals surface area contributed by atoms with Gasteiger partial charge in [0.2, 0.25) is 0 Å². The Morgan fingerprint density at radius 2 is 0.505 bits per heavy atom. The summed E-state index contributed by atoms with van der Waals surface area (Å²) in [6, 6.07) is 0. The number of aliphatic hydroxyl groups is 1. The molecule has 0 aliphatic rings. The topological polar surface area (TPSA) is 237 Å². The fourth-order valence-electron chi connectivity index (χ4n) is 11.0. The van der Waals surface area contributed by atoms with E-state index < -0.39 is 97.5 Å². The van der Waals surface area contributed by atoms with Gasteiger partial charge in [0, 0.05) is 25.7 Å². The summed E-state index contributed by atoms with van der Waals surface area (Å²) in [5.74, 6) is -1.31. The minimum Gasteiger partial charge on any atom is -0.462 e. The maximum atomic E-state index is 13.0. The summed E-state index contributed by atoms with van der Waals surface area (Å²) in [5, 5.41) is 10.6. The number of aliphatic hydroxyl groups excluding tert-OH is 1. The molecule has 0 saturated carbocycles. The van der Waals surface area contributed by atoms with E-state index in [2.05, 4.69) is 34.6 Å². The van der Waals surface area contributed by atoms with E-state index in [1.807, 2.05) is 0 Å². The lowest BCUT2D eigenvalue weighted by atomic mass is 10.0. The van der Waals surface area contributed by atoms with Crippen LogP contribution in [-0.2, 0) is 65.4 Å². The monoisotopic (exact) mass is 1340 g/mol. The third kappa shape index (κ3) is 66.5. The summed E-state index contributed by atoms with van der Waals surface area (Å²) >= 11 is 0. The number of ether oxygens (including phenoxy) is 4. The predicted molar refractivity (Wildman–Crippen MR) is 368 cm³/mol. The van der Waals surface area contributed by atoms with Crippen molar-refractivity contribution in [2.75, 3.05) is 39.6 Å². The summed E-state index contributed by atoms with van der Waals surface area (Å²) in [7, 11) is -9.90. The van der Waals surface area contributed by atoms with Gasteiger partial charge in [-0.2, -0.15) is 0 Å². The van der Waals surface area contributed by atoms with E-state index in [1.165, 1.54) is 199 Å². The molecule has 3 N–H and O–H groups in total. The molecule has 0 aromatic rings. The van der Waals surface area contributed by atoms with E-state index in [0.29, 0.717) is 25.7 Å². The molecule has 0 rings (SSSR count). The molecule has 19 heteroatoms. The Balaban J connectivity index is 5.20. The average molecular weight is 1340 g/mol. The lowest BCUT2D eigenvalue weighted by Gasteiger charge is -2.21. The summed E-state index contributed by atoms with van der Waals surface area (Å²) in [5.41, 5.74) is 0. The zero-order valence-corrected chi connectivity index (χ0v) is 60.8. The highest BCUT2D eigenvalue weighted by atomic mass is 31.2. The standard InChI is InChI=1S/C72H140O17P2/c1-6-9-12-15-18-21-23-32-36-41-46-51-56-70(75)83-62-68(89-72(77)58-53-48-43-38-33-29-27-25-24-26-28-31-35-39-44-49-54-65(4)5)64-87-91(80,81)85-60-66(73)59-84-90(78,79)86-63-67(61-82-69(74)55-50-45-40-34-20-17-14-11-8-3)88-71(76)57-52-47-42-37-30-22-19-16-13-10-7-2/h65-68,73H,6-64H2,1-5H3,(H,78,79)(H,80,81)/t66-,67+,68+/m0/s1. The van der Waals surface area contributed by atoms with Crippen LogP contribution < -0.4 is 0 Å². The molecule has 91 heavy (non-hydrogen) atoms. The quantitative estimate of drug-likeness (QED) is 0.0222. The highest BCUT2D eigenvalue weighted by molar-refractivity contribution is 7.47. The van der Waals surface area contributed by atoms with Crippen LogP contribution in [0.3, 0.4) is 0 Å². The number of hydrogen-bond donors (Lipinski definition) is 3. The number of phosphoric acid groups is 2. The Kier molecular flexibility index (Phi) is 64.0. The Morgan fingerprint density at radius 3 is 0.747 bits per heavy atom. The number of esters is 4. The van der Waals surface area contributed by atoms with E-state index in [0.717, 1.165) is 95.8 Å². The van der Waals surface area contributed by atoms with Gasteiger partial charge in [0.15, 0.2) is 12.2 Å². The fourth-order valence-corrected chi connectivity index (χ4v) is 12.6. The van der Waals surface area contributed by atoms with Crippen LogP contribution in [0.1, 0.15) is 375 Å². The van der Waals surface area contributed by atoms with Crippen LogP contribution in [-0.4, -0.2) is 96.7 Å². The van der Waals surface area contributed by atoms with Crippen LogP contribution in [0.2, 0.25) is 0 Å². The van der Waals surface area contributed by atoms with Gasteiger partial charge in [-0.3, -0.25) is 37.3 Å². The minimum atomic E-state index is -4.95. The molecule has 17 nitrogen and oxygen atoms in total. The number of hydrogen-bond acceptors (Lipinski definition) is 15. The molecule has 0 bridgehead atoms. The Morgan fingerprint density at radius 1 is 0.297 bits per heavy atom. The summed E-state index contributed by atoms with van der Waals surface area (Å²) in [6.07, 6.45) is 52.6. The zero-order valence-electron chi connectivity index (χ0n) is 59.0. The maximum Gasteiger partial charge on any atom is 0.472 e. The molecular formula is C72H140O17P2. The zero-order chi connectivity index (χ0) is 67.0. The second kappa shape index (κ2) is 65.4. The molecule has 0 amide bonds. The van der Waals surface area contributed by atoms with Crippen molar-refractivity contribution >= 4 is 39.5 Å². The molecule has 0 radical (unpaired) electrons. The van der Waals surface area contributed by atoms with Gasteiger partial charge in [0.25, 0.3) is 0 Å². The van der Waals surface area contributed by atoms with Crippen LogP contribution in [0.15, 0.2) is 0 Å². The molecular weight excluding hydrogens is 1200 g/mol. The van der Waals surface area contributed by atoms with Gasteiger partial charge in [-0.05, 0) is 31.6 Å². The van der Waals surface area contributed by atoms with Gasteiger partial charge in [0.1, 0.15) is 19.3 Å². The maximum absolute atomic E-state index is 13.0. The SMILES string of the molecule is CCCCCCCCCCCCCCC(=O)OC[C@H](COP(=O)(O)OC[C@@H](O)COP(=O)(O)OC[C@@H](COC(=O)CCCCCCCCCCC)OC(=O)CCCCCCCCCCCCC)OC(=O)CCCCCCCCCCCCCCCCCCC(C)C. The Hall–Kier alpha value is -1.94. The van der Waals surface area contributed by atoms with Gasteiger partial charge < -0.3 is 33.8 Å². The van der Waals surface area contributed by atoms with Gasteiger partial charge >= 0.3 is 39.5 Å². The second-order valence-corrected chi connectivity index (χ2v) is 29.4. The van der Waals surface area contributed by atoms with Gasteiger partial charge in [0.05, 0.1) is 26.4 Å². The van der Waals surface area contributed by atoms with Crippen molar-refractivity contribution in [2.45, 2.75) is 393 Å². The number of unbranched alkanes of at least 4 members (excludes halogenated alkanes) is 44. The molecule has 0 fully saturated rings. The molecule has 5 atom stereocenters. The van der Waals surface area contributed by atoms with Crippen molar-refractivity contribution in [2.24, 2.45) is 5.92 Å². The normalized spacial score (nSPS) is 14.0. The lowest BCUT2D eigenvalue weighted by Crippen LogP contribution is -2.30.